The third-order valence-corrected chi connectivity index (χ3v) is 1.16. The molecule has 0 unspecified atom stereocenters. The zero-order chi connectivity index (χ0) is 5.11. The summed E-state index contributed by atoms with van der Waals surface area (Å²) < 4.78 is 0. The maximum Gasteiger partial charge on any atom is 0.201 e. The van der Waals surface area contributed by atoms with Crippen molar-refractivity contribution in [2.75, 3.05) is 0 Å². The first kappa shape index (κ1) is 4.46. The third kappa shape index (κ3) is 1.08. The fraction of sp³-hybridized carbons (Fsp3) is 0. The molecule has 0 aromatic carbocycles. The highest BCUT2D eigenvalue weighted by Crippen LogP contribution is 1.77. The standard InChI is InChI=1S/C4H4N2S/c5-4-6-2-1-3-7-4/h1-3,5H. The van der Waals surface area contributed by atoms with Gasteiger partial charge in [0.2, 0.25) is 4.80 Å². The van der Waals surface area contributed by atoms with E-state index in [1.54, 1.807) is 6.20 Å². The van der Waals surface area contributed by atoms with E-state index in [9.17, 15) is 0 Å². The van der Waals surface area contributed by atoms with Crippen LogP contribution in [-0.2, 0) is 0 Å². The van der Waals surface area contributed by atoms with Gasteiger partial charge in [-0.1, -0.05) is 0 Å². The molecule has 0 fully saturated rings. The molecule has 0 radical (unpaired) electrons. The van der Waals surface area contributed by atoms with E-state index in [0.29, 0.717) is 4.80 Å². The van der Waals surface area contributed by atoms with Crippen molar-refractivity contribution in [3.05, 3.63) is 22.4 Å². The summed E-state index contributed by atoms with van der Waals surface area (Å²) >= 11 is 1.32. The van der Waals surface area contributed by atoms with Crippen LogP contribution in [0.3, 0.4) is 0 Å². The van der Waals surface area contributed by atoms with Crippen LogP contribution in [0, 0.1) is 5.41 Å². The Labute approximate surface area is 45.0 Å². The Kier molecular flexibility index (Phi) is 1.17. The molecular formula is C4H4N2S. The van der Waals surface area contributed by atoms with Crippen molar-refractivity contribution < 1.29 is 0 Å². The van der Waals surface area contributed by atoms with E-state index >= 15 is 0 Å². The predicted octanol–water partition coefficient (Wildman–Crippen LogP) is 0.623. The Hall–Kier alpha value is -0.700. The van der Waals surface area contributed by atoms with Crippen LogP contribution in [0.1, 0.15) is 0 Å². The highest BCUT2D eigenvalue weighted by atomic mass is 32.1. The van der Waals surface area contributed by atoms with Gasteiger partial charge in [-0.25, -0.2) is 4.98 Å². The van der Waals surface area contributed by atoms with Gasteiger partial charge >= 0.3 is 0 Å². The van der Waals surface area contributed by atoms with E-state index in [2.05, 4.69) is 4.98 Å². The number of hydrogen-bond donors (Lipinski definition) is 1. The zero-order valence-corrected chi connectivity index (χ0v) is 4.40. The van der Waals surface area contributed by atoms with Crippen molar-refractivity contribution in [2.24, 2.45) is 0 Å². The SMILES string of the molecule is N=c1ncccs1. The van der Waals surface area contributed by atoms with Gasteiger partial charge in [-0.05, 0) is 11.4 Å². The summed E-state index contributed by atoms with van der Waals surface area (Å²) in [5.41, 5.74) is 0. The Balaban J connectivity index is 3.28. The molecule has 0 bridgehead atoms. The van der Waals surface area contributed by atoms with Gasteiger partial charge in [0.15, 0.2) is 0 Å². The van der Waals surface area contributed by atoms with Gasteiger partial charge in [-0.3, -0.25) is 5.41 Å². The summed E-state index contributed by atoms with van der Waals surface area (Å²) in [7, 11) is 0. The molecule has 1 aromatic heterocycles. The van der Waals surface area contributed by atoms with Crippen molar-refractivity contribution in [2.45, 2.75) is 0 Å². The second-order valence-electron chi connectivity index (χ2n) is 1.03. The highest BCUT2D eigenvalue weighted by Gasteiger charge is 1.68. The molecule has 0 saturated carbocycles. The maximum atomic E-state index is 6.90. The Morgan fingerprint density at radius 2 is 2.57 bits per heavy atom. The molecule has 3 heteroatoms. The molecule has 7 heavy (non-hydrogen) atoms. The van der Waals surface area contributed by atoms with Crippen LogP contribution in [-0.4, -0.2) is 4.98 Å². The molecule has 0 spiro atoms. The van der Waals surface area contributed by atoms with E-state index in [4.69, 9.17) is 5.41 Å². The maximum absolute atomic E-state index is 6.90. The molecule has 0 amide bonds. The Morgan fingerprint density at radius 1 is 1.71 bits per heavy atom. The number of aromatic nitrogens is 1. The predicted molar refractivity (Wildman–Crippen MR) is 28.0 cm³/mol. The quantitative estimate of drug-likeness (QED) is 0.525. The Bertz CT molecular complexity index is 175. The third-order valence-electron chi connectivity index (χ3n) is 0.536. The first-order chi connectivity index (χ1) is 3.39. The monoisotopic (exact) mass is 112 g/mol. The molecule has 0 aliphatic carbocycles. The van der Waals surface area contributed by atoms with Crippen molar-refractivity contribution in [3.63, 3.8) is 0 Å². The lowest BCUT2D eigenvalue weighted by Crippen LogP contribution is -1.94. The lowest BCUT2D eigenvalue weighted by molar-refractivity contribution is 1.16. The van der Waals surface area contributed by atoms with Crippen LogP contribution < -0.4 is 4.80 Å². The minimum atomic E-state index is 0.363. The summed E-state index contributed by atoms with van der Waals surface area (Å²) in [5.74, 6) is 0. The van der Waals surface area contributed by atoms with Crippen molar-refractivity contribution >= 4 is 11.3 Å². The molecule has 0 aliphatic rings. The molecule has 1 heterocycles. The normalized spacial score (nSPS) is 8.57. The average Bonchev–Trinajstić information content (AvgIpc) is 1.69. The summed E-state index contributed by atoms with van der Waals surface area (Å²) in [6.07, 6.45) is 1.61. The summed E-state index contributed by atoms with van der Waals surface area (Å²) in [4.78, 5) is 4.03. The van der Waals surface area contributed by atoms with Crippen LogP contribution in [0.25, 0.3) is 0 Å². The number of nitrogens with one attached hydrogen (secondary N) is 1. The van der Waals surface area contributed by atoms with Crippen LogP contribution in [0.2, 0.25) is 0 Å². The van der Waals surface area contributed by atoms with Gasteiger partial charge in [0.25, 0.3) is 0 Å². The Morgan fingerprint density at radius 3 is 2.86 bits per heavy atom. The highest BCUT2D eigenvalue weighted by molar-refractivity contribution is 7.06. The molecule has 1 N–H and O–H groups in total. The zero-order valence-electron chi connectivity index (χ0n) is 3.59. The smallest absolute Gasteiger partial charge is 0.201 e. The summed E-state index contributed by atoms with van der Waals surface area (Å²) in [6, 6.07) is 1.81. The first-order valence-electron chi connectivity index (χ1n) is 1.84. The van der Waals surface area contributed by atoms with Gasteiger partial charge in [0.1, 0.15) is 0 Å². The minimum Gasteiger partial charge on any atom is -0.274 e. The van der Waals surface area contributed by atoms with Crippen LogP contribution in [0.5, 0.6) is 0 Å². The van der Waals surface area contributed by atoms with Gasteiger partial charge in [-0.15, -0.1) is 11.3 Å². The second-order valence-corrected chi connectivity index (χ2v) is 1.92. The van der Waals surface area contributed by atoms with Gasteiger partial charge in [0.05, 0.1) is 0 Å². The molecule has 36 valence electrons. The van der Waals surface area contributed by atoms with Gasteiger partial charge in [-0.2, -0.15) is 0 Å². The van der Waals surface area contributed by atoms with Crippen LogP contribution >= 0.6 is 11.3 Å². The van der Waals surface area contributed by atoms with E-state index in [1.165, 1.54) is 11.3 Å². The van der Waals surface area contributed by atoms with E-state index in [-0.39, 0.29) is 0 Å². The molecular weight excluding hydrogens is 108 g/mol. The van der Waals surface area contributed by atoms with E-state index in [0.717, 1.165) is 0 Å². The van der Waals surface area contributed by atoms with E-state index < -0.39 is 0 Å². The average molecular weight is 112 g/mol. The second kappa shape index (κ2) is 1.84. The summed E-state index contributed by atoms with van der Waals surface area (Å²) in [6.45, 7) is 0. The number of rotatable bonds is 0. The fourth-order valence-electron chi connectivity index (χ4n) is 0.280. The number of hydrogen-bond acceptors (Lipinski definition) is 3. The molecule has 0 saturated heterocycles. The lowest BCUT2D eigenvalue weighted by atomic mass is 10.8. The number of nitrogens with zero attached hydrogens (tertiary/aromatic N) is 1. The van der Waals surface area contributed by atoms with Crippen molar-refractivity contribution in [1.29, 1.82) is 5.41 Å². The van der Waals surface area contributed by atoms with Crippen molar-refractivity contribution in [1.82, 2.24) is 4.98 Å². The van der Waals surface area contributed by atoms with Crippen LogP contribution in [0.15, 0.2) is 17.6 Å². The minimum absolute atomic E-state index is 0.363. The van der Waals surface area contributed by atoms with E-state index in [1.807, 2.05) is 11.4 Å². The summed E-state index contributed by atoms with van der Waals surface area (Å²) in [5, 5.41) is 8.73. The van der Waals surface area contributed by atoms with Crippen molar-refractivity contribution in [3.8, 4) is 0 Å². The van der Waals surface area contributed by atoms with Crippen LogP contribution in [0.4, 0.5) is 0 Å². The van der Waals surface area contributed by atoms with Gasteiger partial charge in [0, 0.05) is 6.20 Å². The molecule has 1 rings (SSSR count). The molecule has 2 nitrogen and oxygen atoms in total. The first-order valence-corrected chi connectivity index (χ1v) is 2.72. The van der Waals surface area contributed by atoms with Gasteiger partial charge < -0.3 is 0 Å². The lowest BCUT2D eigenvalue weighted by Gasteiger charge is -1.72. The fourth-order valence-corrected chi connectivity index (χ4v) is 0.679. The molecule has 1 aromatic rings. The topological polar surface area (TPSA) is 36.7 Å². The largest absolute Gasteiger partial charge is 0.274 e. The molecule has 0 aliphatic heterocycles. The molecule has 0 atom stereocenters.